The summed E-state index contributed by atoms with van der Waals surface area (Å²) in [6, 6.07) is 9.59. The largest absolute Gasteiger partial charge is 0.383 e. The molecule has 6 nitrogen and oxygen atoms in total. The van der Waals surface area contributed by atoms with Gasteiger partial charge < -0.3 is 14.6 Å². The lowest BCUT2D eigenvalue weighted by atomic mass is 10.1. The maximum Gasteiger partial charge on any atom is 0.251 e. The second-order valence-electron chi connectivity index (χ2n) is 7.33. The van der Waals surface area contributed by atoms with Gasteiger partial charge in [0, 0.05) is 43.2 Å². The summed E-state index contributed by atoms with van der Waals surface area (Å²) in [5, 5.41) is 2.61. The Balaban J connectivity index is 2.04. The topological polar surface area (TPSA) is 63.6 Å². The standard InChI is InChI=1S/C22H31N3O3/c1-15-11-20(17(3)25(15)16(2)14-28-6)21(26)13-24(5)12-18-7-9-19(10-8-18)22(27)23-4/h7-11,16H,12-14H2,1-6H3,(H,23,27)/t16-/m1/s1. The molecule has 2 rings (SSSR count). The highest BCUT2D eigenvalue weighted by molar-refractivity contribution is 5.99. The van der Waals surface area contributed by atoms with Crippen molar-refractivity contribution in [3.63, 3.8) is 0 Å². The molecular formula is C22H31N3O3. The molecule has 0 aliphatic heterocycles. The number of hydrogen-bond donors (Lipinski definition) is 1. The molecule has 0 fully saturated rings. The van der Waals surface area contributed by atoms with Gasteiger partial charge in [-0.25, -0.2) is 0 Å². The summed E-state index contributed by atoms with van der Waals surface area (Å²) in [4.78, 5) is 26.5. The van der Waals surface area contributed by atoms with Crippen LogP contribution in [0.4, 0.5) is 0 Å². The summed E-state index contributed by atoms with van der Waals surface area (Å²) >= 11 is 0. The summed E-state index contributed by atoms with van der Waals surface area (Å²) in [5.41, 5.74) is 4.50. The molecule has 0 spiro atoms. The van der Waals surface area contributed by atoms with E-state index < -0.39 is 0 Å². The molecule has 28 heavy (non-hydrogen) atoms. The summed E-state index contributed by atoms with van der Waals surface area (Å²) in [7, 11) is 5.23. The fraction of sp³-hybridized carbons (Fsp3) is 0.455. The van der Waals surface area contributed by atoms with Crippen LogP contribution >= 0.6 is 0 Å². The Kier molecular flexibility index (Phi) is 7.54. The molecule has 1 aromatic heterocycles. The third-order valence-corrected chi connectivity index (χ3v) is 4.94. The van der Waals surface area contributed by atoms with Crippen LogP contribution in [0.1, 0.15) is 50.6 Å². The van der Waals surface area contributed by atoms with E-state index in [9.17, 15) is 9.59 Å². The molecule has 152 valence electrons. The van der Waals surface area contributed by atoms with E-state index in [4.69, 9.17) is 4.74 Å². The molecule has 1 atom stereocenters. The molecule has 1 heterocycles. The Hall–Kier alpha value is -2.44. The number of benzene rings is 1. The van der Waals surface area contributed by atoms with E-state index in [1.165, 1.54) is 0 Å². The summed E-state index contributed by atoms with van der Waals surface area (Å²) < 4.78 is 7.42. The zero-order valence-corrected chi connectivity index (χ0v) is 17.7. The van der Waals surface area contributed by atoms with Gasteiger partial charge in [0.1, 0.15) is 0 Å². The van der Waals surface area contributed by atoms with Crippen LogP contribution in [0.2, 0.25) is 0 Å². The van der Waals surface area contributed by atoms with Gasteiger partial charge in [-0.1, -0.05) is 12.1 Å². The molecule has 0 saturated heterocycles. The quantitative estimate of drug-likeness (QED) is 0.674. The second kappa shape index (κ2) is 9.66. The monoisotopic (exact) mass is 385 g/mol. The van der Waals surface area contributed by atoms with Crippen LogP contribution in [0.5, 0.6) is 0 Å². The first kappa shape index (κ1) is 21.9. The van der Waals surface area contributed by atoms with Gasteiger partial charge in [0.05, 0.1) is 19.2 Å². The van der Waals surface area contributed by atoms with Crippen molar-refractivity contribution < 1.29 is 14.3 Å². The van der Waals surface area contributed by atoms with Gasteiger partial charge in [0.2, 0.25) is 0 Å². The van der Waals surface area contributed by atoms with Crippen LogP contribution in [0.3, 0.4) is 0 Å². The lowest BCUT2D eigenvalue weighted by molar-refractivity contribution is 0.0940. The predicted octanol–water partition coefficient (Wildman–Crippen LogP) is 2.99. The minimum atomic E-state index is -0.104. The zero-order valence-electron chi connectivity index (χ0n) is 17.7. The van der Waals surface area contributed by atoms with E-state index in [1.54, 1.807) is 26.3 Å². The molecule has 1 amide bonds. The molecule has 2 aromatic rings. The van der Waals surface area contributed by atoms with Crippen molar-refractivity contribution in [3.8, 4) is 0 Å². The van der Waals surface area contributed by atoms with Crippen LogP contribution in [0.25, 0.3) is 0 Å². The number of hydrogen-bond acceptors (Lipinski definition) is 4. The van der Waals surface area contributed by atoms with Gasteiger partial charge in [-0.2, -0.15) is 0 Å². The average Bonchev–Trinajstić information content (AvgIpc) is 2.96. The minimum absolute atomic E-state index is 0.104. The number of aromatic nitrogens is 1. The molecule has 0 aliphatic carbocycles. The molecular weight excluding hydrogens is 354 g/mol. The molecule has 1 N–H and O–H groups in total. The van der Waals surface area contributed by atoms with Crippen molar-refractivity contribution in [2.75, 3.05) is 34.4 Å². The smallest absolute Gasteiger partial charge is 0.251 e. The molecule has 1 aromatic carbocycles. The highest BCUT2D eigenvalue weighted by atomic mass is 16.5. The predicted molar refractivity (Wildman–Crippen MR) is 111 cm³/mol. The first-order chi connectivity index (χ1) is 13.3. The lowest BCUT2D eigenvalue weighted by Gasteiger charge is -2.18. The van der Waals surface area contributed by atoms with Gasteiger partial charge in [0.25, 0.3) is 5.91 Å². The number of methoxy groups -OCH3 is 1. The van der Waals surface area contributed by atoms with Gasteiger partial charge in [0.15, 0.2) is 5.78 Å². The Bertz CT molecular complexity index is 824. The molecule has 0 radical (unpaired) electrons. The number of likely N-dealkylation sites (N-methyl/N-ethyl adjacent to an activating group) is 1. The van der Waals surface area contributed by atoms with Crippen LogP contribution < -0.4 is 5.32 Å². The SMILES string of the molecule is CNC(=O)c1ccc(CN(C)CC(=O)c2cc(C)n([C@H](C)COC)c2C)cc1. The first-order valence-corrected chi connectivity index (χ1v) is 9.48. The van der Waals surface area contributed by atoms with Crippen molar-refractivity contribution in [3.05, 3.63) is 58.4 Å². The van der Waals surface area contributed by atoms with Crippen molar-refractivity contribution in [2.45, 2.75) is 33.4 Å². The number of Topliss-reactive ketones (excluding diaryl/α,β-unsaturated/α-hetero) is 1. The van der Waals surface area contributed by atoms with Gasteiger partial charge in [-0.15, -0.1) is 0 Å². The Morgan fingerprint density at radius 1 is 1.21 bits per heavy atom. The maximum absolute atomic E-state index is 12.9. The molecule has 0 saturated carbocycles. The third kappa shape index (κ3) is 5.09. The third-order valence-electron chi connectivity index (χ3n) is 4.94. The van der Waals surface area contributed by atoms with Crippen molar-refractivity contribution in [1.82, 2.24) is 14.8 Å². The fourth-order valence-corrected chi connectivity index (χ4v) is 3.66. The van der Waals surface area contributed by atoms with Crippen LogP contribution in [-0.4, -0.2) is 55.5 Å². The van der Waals surface area contributed by atoms with Crippen molar-refractivity contribution in [2.24, 2.45) is 0 Å². The van der Waals surface area contributed by atoms with Crippen LogP contribution in [-0.2, 0) is 11.3 Å². The Morgan fingerprint density at radius 2 is 1.86 bits per heavy atom. The highest BCUT2D eigenvalue weighted by Gasteiger charge is 2.19. The number of nitrogens with one attached hydrogen (secondary N) is 1. The highest BCUT2D eigenvalue weighted by Crippen LogP contribution is 2.21. The first-order valence-electron chi connectivity index (χ1n) is 9.48. The number of carbonyl (C=O) groups excluding carboxylic acids is 2. The van der Waals surface area contributed by atoms with Gasteiger partial charge in [-0.05, 0) is 51.6 Å². The molecule has 6 heteroatoms. The normalized spacial score (nSPS) is 12.2. The average molecular weight is 386 g/mol. The molecule has 0 bridgehead atoms. The number of ether oxygens (including phenoxy) is 1. The maximum atomic E-state index is 12.9. The lowest BCUT2D eigenvalue weighted by Crippen LogP contribution is -2.26. The fourth-order valence-electron chi connectivity index (χ4n) is 3.66. The zero-order chi connectivity index (χ0) is 20.8. The van der Waals surface area contributed by atoms with E-state index >= 15 is 0 Å². The summed E-state index contributed by atoms with van der Waals surface area (Å²) in [6.45, 7) is 7.68. The number of amides is 1. The van der Waals surface area contributed by atoms with Crippen molar-refractivity contribution >= 4 is 11.7 Å². The summed E-state index contributed by atoms with van der Waals surface area (Å²) in [6.07, 6.45) is 0. The Morgan fingerprint density at radius 3 is 2.43 bits per heavy atom. The number of nitrogens with zero attached hydrogens (tertiary/aromatic N) is 2. The molecule has 0 unspecified atom stereocenters. The van der Waals surface area contributed by atoms with E-state index in [2.05, 4.69) is 16.8 Å². The van der Waals surface area contributed by atoms with E-state index in [0.29, 0.717) is 25.3 Å². The number of carbonyl (C=O) groups is 2. The second-order valence-corrected chi connectivity index (χ2v) is 7.33. The minimum Gasteiger partial charge on any atom is -0.383 e. The number of ketones is 1. The Labute approximate surface area is 167 Å². The van der Waals surface area contributed by atoms with E-state index in [-0.39, 0.29) is 17.7 Å². The van der Waals surface area contributed by atoms with Gasteiger partial charge in [-0.3, -0.25) is 14.5 Å². The number of rotatable bonds is 9. The molecule has 0 aliphatic rings. The van der Waals surface area contributed by atoms with Crippen LogP contribution in [0, 0.1) is 13.8 Å². The van der Waals surface area contributed by atoms with Gasteiger partial charge >= 0.3 is 0 Å². The number of aryl methyl sites for hydroxylation is 1. The van der Waals surface area contributed by atoms with E-state index in [0.717, 1.165) is 22.5 Å². The van der Waals surface area contributed by atoms with Crippen LogP contribution in [0.15, 0.2) is 30.3 Å². The van der Waals surface area contributed by atoms with Crippen molar-refractivity contribution in [1.29, 1.82) is 0 Å². The van der Waals surface area contributed by atoms with E-state index in [1.807, 2.05) is 44.0 Å². The summed E-state index contributed by atoms with van der Waals surface area (Å²) in [5.74, 6) is 0.00147.